The molecule has 1 atom stereocenters. The number of aryl methyl sites for hydroxylation is 1. The number of benzene rings is 1. The SMILES string of the molecule is Cn1nccc1CCNCC(O)c1ccccc1Cl. The van der Waals surface area contributed by atoms with Crippen LogP contribution in [0.4, 0.5) is 0 Å². The van der Waals surface area contributed by atoms with Gasteiger partial charge in [0.25, 0.3) is 0 Å². The number of aromatic nitrogens is 2. The normalized spacial score (nSPS) is 12.6. The van der Waals surface area contributed by atoms with Gasteiger partial charge in [0, 0.05) is 49.0 Å². The summed E-state index contributed by atoms with van der Waals surface area (Å²) in [7, 11) is 1.92. The Kier molecular flexibility index (Phi) is 4.96. The van der Waals surface area contributed by atoms with Crippen LogP contribution in [0, 0.1) is 0 Å². The summed E-state index contributed by atoms with van der Waals surface area (Å²) in [4.78, 5) is 0. The second-order valence-corrected chi connectivity index (χ2v) is 4.84. The fourth-order valence-electron chi connectivity index (χ4n) is 1.96. The van der Waals surface area contributed by atoms with E-state index in [0.29, 0.717) is 11.6 Å². The summed E-state index contributed by atoms with van der Waals surface area (Å²) in [5, 5.41) is 18.0. The van der Waals surface area contributed by atoms with Crippen LogP contribution in [0.3, 0.4) is 0 Å². The largest absolute Gasteiger partial charge is 0.387 e. The summed E-state index contributed by atoms with van der Waals surface area (Å²) in [6, 6.07) is 9.35. The molecule has 19 heavy (non-hydrogen) atoms. The molecule has 1 aromatic carbocycles. The van der Waals surface area contributed by atoms with Crippen molar-refractivity contribution < 1.29 is 5.11 Å². The molecule has 0 aliphatic heterocycles. The molecule has 0 amide bonds. The molecular weight excluding hydrogens is 262 g/mol. The molecule has 4 nitrogen and oxygen atoms in total. The number of aliphatic hydroxyl groups excluding tert-OH is 1. The molecule has 0 radical (unpaired) electrons. The Balaban J connectivity index is 1.77. The van der Waals surface area contributed by atoms with E-state index in [4.69, 9.17) is 11.6 Å². The van der Waals surface area contributed by atoms with Gasteiger partial charge in [-0.3, -0.25) is 4.68 Å². The Hall–Kier alpha value is -1.36. The van der Waals surface area contributed by atoms with Crippen molar-refractivity contribution in [3.8, 4) is 0 Å². The molecular formula is C14H18ClN3O. The Morgan fingerprint density at radius 1 is 1.37 bits per heavy atom. The predicted molar refractivity (Wildman–Crippen MR) is 76.2 cm³/mol. The van der Waals surface area contributed by atoms with E-state index in [0.717, 1.165) is 18.5 Å². The van der Waals surface area contributed by atoms with Crippen molar-refractivity contribution in [3.63, 3.8) is 0 Å². The van der Waals surface area contributed by atoms with Gasteiger partial charge in [-0.1, -0.05) is 29.8 Å². The highest BCUT2D eigenvalue weighted by atomic mass is 35.5. The van der Waals surface area contributed by atoms with Crippen molar-refractivity contribution >= 4 is 11.6 Å². The van der Waals surface area contributed by atoms with Gasteiger partial charge in [0.2, 0.25) is 0 Å². The Bertz CT molecular complexity index is 527. The van der Waals surface area contributed by atoms with Crippen LogP contribution >= 0.6 is 11.6 Å². The highest BCUT2D eigenvalue weighted by Crippen LogP contribution is 2.21. The molecule has 0 saturated heterocycles. The number of hydrogen-bond donors (Lipinski definition) is 2. The number of rotatable bonds is 6. The Labute approximate surface area is 118 Å². The topological polar surface area (TPSA) is 50.1 Å². The number of aliphatic hydroxyl groups is 1. The van der Waals surface area contributed by atoms with Gasteiger partial charge in [0.1, 0.15) is 0 Å². The third-order valence-corrected chi connectivity index (χ3v) is 3.43. The van der Waals surface area contributed by atoms with Crippen molar-refractivity contribution in [1.82, 2.24) is 15.1 Å². The maximum Gasteiger partial charge on any atom is 0.0928 e. The van der Waals surface area contributed by atoms with Crippen LogP contribution in [0.15, 0.2) is 36.5 Å². The van der Waals surface area contributed by atoms with Gasteiger partial charge in [-0.15, -0.1) is 0 Å². The first-order chi connectivity index (χ1) is 9.18. The van der Waals surface area contributed by atoms with Gasteiger partial charge < -0.3 is 10.4 Å². The summed E-state index contributed by atoms with van der Waals surface area (Å²) in [5.74, 6) is 0. The first-order valence-corrected chi connectivity index (χ1v) is 6.66. The van der Waals surface area contributed by atoms with E-state index in [1.54, 1.807) is 12.3 Å². The van der Waals surface area contributed by atoms with Crippen LogP contribution in [-0.4, -0.2) is 28.0 Å². The summed E-state index contributed by atoms with van der Waals surface area (Å²) in [6.45, 7) is 1.28. The standard InChI is InChI=1S/C14H18ClN3O/c1-18-11(7-9-17-18)6-8-16-10-14(19)12-4-2-3-5-13(12)15/h2-5,7,9,14,16,19H,6,8,10H2,1H3. The molecule has 2 N–H and O–H groups in total. The fraction of sp³-hybridized carbons (Fsp3) is 0.357. The molecule has 1 aromatic heterocycles. The molecule has 1 unspecified atom stereocenters. The van der Waals surface area contributed by atoms with Crippen LogP contribution in [0.2, 0.25) is 5.02 Å². The van der Waals surface area contributed by atoms with Gasteiger partial charge in [-0.25, -0.2) is 0 Å². The monoisotopic (exact) mass is 279 g/mol. The number of hydrogen-bond acceptors (Lipinski definition) is 3. The maximum atomic E-state index is 10.0. The summed E-state index contributed by atoms with van der Waals surface area (Å²) in [6.07, 6.45) is 2.08. The van der Waals surface area contributed by atoms with E-state index in [1.165, 1.54) is 5.69 Å². The van der Waals surface area contributed by atoms with Crippen LogP contribution in [0.25, 0.3) is 0 Å². The summed E-state index contributed by atoms with van der Waals surface area (Å²) < 4.78 is 1.85. The first-order valence-electron chi connectivity index (χ1n) is 6.28. The van der Waals surface area contributed by atoms with E-state index < -0.39 is 6.10 Å². The van der Waals surface area contributed by atoms with E-state index in [-0.39, 0.29) is 0 Å². The zero-order chi connectivity index (χ0) is 13.7. The quantitative estimate of drug-likeness (QED) is 0.795. The minimum atomic E-state index is -0.583. The van der Waals surface area contributed by atoms with Gasteiger partial charge in [0.05, 0.1) is 6.10 Å². The number of nitrogens with zero attached hydrogens (tertiary/aromatic N) is 2. The van der Waals surface area contributed by atoms with Gasteiger partial charge in [-0.05, 0) is 12.1 Å². The van der Waals surface area contributed by atoms with Crippen molar-refractivity contribution in [3.05, 3.63) is 52.8 Å². The van der Waals surface area contributed by atoms with Crippen LogP contribution in [0.5, 0.6) is 0 Å². The lowest BCUT2D eigenvalue weighted by atomic mass is 10.1. The summed E-state index contributed by atoms with van der Waals surface area (Å²) in [5.41, 5.74) is 1.93. The molecule has 2 aromatic rings. The van der Waals surface area contributed by atoms with Gasteiger partial charge >= 0.3 is 0 Å². The smallest absolute Gasteiger partial charge is 0.0928 e. The molecule has 5 heteroatoms. The molecule has 0 aliphatic rings. The first kappa shape index (κ1) is 14.1. The Morgan fingerprint density at radius 2 is 2.16 bits per heavy atom. The van der Waals surface area contributed by atoms with Crippen LogP contribution in [0.1, 0.15) is 17.4 Å². The molecule has 0 bridgehead atoms. The van der Waals surface area contributed by atoms with Crippen LogP contribution in [-0.2, 0) is 13.5 Å². The Morgan fingerprint density at radius 3 is 2.84 bits per heavy atom. The molecule has 102 valence electrons. The molecule has 2 rings (SSSR count). The van der Waals surface area contributed by atoms with Gasteiger partial charge in [-0.2, -0.15) is 5.10 Å². The van der Waals surface area contributed by atoms with E-state index >= 15 is 0 Å². The van der Waals surface area contributed by atoms with Crippen molar-refractivity contribution in [2.45, 2.75) is 12.5 Å². The fourth-order valence-corrected chi connectivity index (χ4v) is 2.22. The lowest BCUT2D eigenvalue weighted by Gasteiger charge is -2.13. The second kappa shape index (κ2) is 6.70. The summed E-state index contributed by atoms with van der Waals surface area (Å²) >= 11 is 6.03. The molecule has 0 fully saturated rings. The van der Waals surface area contributed by atoms with Crippen molar-refractivity contribution in [2.24, 2.45) is 7.05 Å². The third kappa shape index (κ3) is 3.80. The molecule has 1 heterocycles. The average molecular weight is 280 g/mol. The lowest BCUT2D eigenvalue weighted by molar-refractivity contribution is 0.175. The van der Waals surface area contributed by atoms with E-state index in [9.17, 15) is 5.11 Å². The van der Waals surface area contributed by atoms with E-state index in [1.807, 2.05) is 36.0 Å². The average Bonchev–Trinajstić information content (AvgIpc) is 2.80. The van der Waals surface area contributed by atoms with Crippen molar-refractivity contribution in [2.75, 3.05) is 13.1 Å². The van der Waals surface area contributed by atoms with Gasteiger partial charge in [0.15, 0.2) is 0 Å². The van der Waals surface area contributed by atoms with Crippen LogP contribution < -0.4 is 5.32 Å². The molecule has 0 aliphatic carbocycles. The molecule has 0 saturated carbocycles. The minimum Gasteiger partial charge on any atom is -0.387 e. The zero-order valence-corrected chi connectivity index (χ0v) is 11.6. The number of nitrogens with one attached hydrogen (secondary N) is 1. The second-order valence-electron chi connectivity index (χ2n) is 4.44. The maximum absolute atomic E-state index is 10.0. The highest BCUT2D eigenvalue weighted by molar-refractivity contribution is 6.31. The number of halogens is 1. The minimum absolute atomic E-state index is 0.488. The van der Waals surface area contributed by atoms with E-state index in [2.05, 4.69) is 10.4 Å². The lowest BCUT2D eigenvalue weighted by Crippen LogP contribution is -2.24. The highest BCUT2D eigenvalue weighted by Gasteiger charge is 2.10. The van der Waals surface area contributed by atoms with Crippen molar-refractivity contribution in [1.29, 1.82) is 0 Å². The zero-order valence-electron chi connectivity index (χ0n) is 10.9. The predicted octanol–water partition coefficient (Wildman–Crippen LogP) is 1.94. The molecule has 0 spiro atoms. The third-order valence-electron chi connectivity index (χ3n) is 3.08.